The Hall–Kier alpha value is -1.57. The van der Waals surface area contributed by atoms with Gasteiger partial charge >= 0.3 is 0 Å². The Morgan fingerprint density at radius 1 is 1.14 bits per heavy atom. The average molecular weight is 422 g/mol. The first kappa shape index (κ1) is 22.1. The molecule has 1 fully saturated rings. The standard InChI is InChI=1S/C22H35N3O3S/c1-5-12-25(13-6-2)29(26,27)19-9-8-18-21(22(19)23)20(16(4)28-18)17-10-14-24(7-3)15-11-17/h8-9,17H,5-7,10-15,23H2,1-4H3. The summed E-state index contributed by atoms with van der Waals surface area (Å²) in [6.45, 7) is 12.3. The molecule has 162 valence electrons. The summed E-state index contributed by atoms with van der Waals surface area (Å²) in [5.74, 6) is 1.21. The van der Waals surface area contributed by atoms with Crippen molar-refractivity contribution in [2.75, 3.05) is 38.5 Å². The normalized spacial score (nSPS) is 16.9. The molecule has 1 saturated heterocycles. The van der Waals surface area contributed by atoms with E-state index < -0.39 is 10.0 Å². The molecule has 1 aromatic heterocycles. The number of furan rings is 1. The average Bonchev–Trinajstić information content (AvgIpc) is 3.04. The summed E-state index contributed by atoms with van der Waals surface area (Å²) in [5, 5.41) is 0.798. The second kappa shape index (κ2) is 9.06. The molecule has 0 amide bonds. The number of likely N-dealkylation sites (tertiary alicyclic amines) is 1. The van der Waals surface area contributed by atoms with Crippen molar-refractivity contribution in [3.05, 3.63) is 23.5 Å². The van der Waals surface area contributed by atoms with Crippen molar-refractivity contribution in [2.45, 2.75) is 64.2 Å². The van der Waals surface area contributed by atoms with Gasteiger partial charge in [-0.15, -0.1) is 0 Å². The summed E-state index contributed by atoms with van der Waals surface area (Å²) < 4.78 is 34.3. The predicted octanol–water partition coefficient (Wildman–Crippen LogP) is 4.33. The van der Waals surface area contributed by atoms with Crippen LogP contribution in [0.15, 0.2) is 21.4 Å². The maximum Gasteiger partial charge on any atom is 0.245 e. The van der Waals surface area contributed by atoms with E-state index in [0.29, 0.717) is 30.3 Å². The molecule has 1 aliphatic rings. The van der Waals surface area contributed by atoms with Gasteiger partial charge in [-0.1, -0.05) is 20.8 Å². The number of piperidine rings is 1. The number of nitrogens with zero attached hydrogens (tertiary/aromatic N) is 2. The van der Waals surface area contributed by atoms with Crippen LogP contribution in [0.2, 0.25) is 0 Å². The summed E-state index contributed by atoms with van der Waals surface area (Å²) in [6.07, 6.45) is 3.62. The third kappa shape index (κ3) is 4.18. The second-order valence-corrected chi connectivity index (χ2v) is 9.94. The molecule has 2 aromatic rings. The van der Waals surface area contributed by atoms with Crippen LogP contribution in [0, 0.1) is 6.92 Å². The summed E-state index contributed by atoms with van der Waals surface area (Å²) in [5.41, 5.74) is 8.66. The molecule has 0 unspecified atom stereocenters. The van der Waals surface area contributed by atoms with Crippen molar-refractivity contribution in [2.24, 2.45) is 0 Å². The van der Waals surface area contributed by atoms with Gasteiger partial charge in [0, 0.05) is 24.0 Å². The second-order valence-electron chi connectivity index (χ2n) is 8.04. The molecule has 1 aromatic carbocycles. The lowest BCUT2D eigenvalue weighted by atomic mass is 9.87. The van der Waals surface area contributed by atoms with Crippen LogP contribution < -0.4 is 5.73 Å². The zero-order valence-electron chi connectivity index (χ0n) is 18.2. The lowest BCUT2D eigenvalue weighted by Gasteiger charge is -2.31. The van der Waals surface area contributed by atoms with Crippen LogP contribution in [0.1, 0.15) is 63.7 Å². The van der Waals surface area contributed by atoms with Gasteiger partial charge in [0.2, 0.25) is 10.0 Å². The summed E-state index contributed by atoms with van der Waals surface area (Å²) in [4.78, 5) is 2.65. The van der Waals surface area contributed by atoms with Crippen LogP contribution in [0.5, 0.6) is 0 Å². The van der Waals surface area contributed by atoms with E-state index in [2.05, 4.69) is 11.8 Å². The van der Waals surface area contributed by atoms with E-state index in [1.54, 1.807) is 16.4 Å². The molecule has 2 heterocycles. The van der Waals surface area contributed by atoms with Crippen LogP contribution in [0.4, 0.5) is 5.69 Å². The van der Waals surface area contributed by atoms with Gasteiger partial charge in [0.1, 0.15) is 16.2 Å². The molecule has 6 nitrogen and oxygen atoms in total. The molecule has 2 N–H and O–H groups in total. The van der Waals surface area contributed by atoms with Gasteiger partial charge < -0.3 is 15.1 Å². The topological polar surface area (TPSA) is 79.8 Å². The van der Waals surface area contributed by atoms with E-state index in [1.807, 2.05) is 20.8 Å². The van der Waals surface area contributed by atoms with Gasteiger partial charge in [0.15, 0.2) is 0 Å². The van der Waals surface area contributed by atoms with Gasteiger partial charge in [-0.2, -0.15) is 4.31 Å². The summed E-state index contributed by atoms with van der Waals surface area (Å²) in [6, 6.07) is 3.38. The van der Waals surface area contributed by atoms with E-state index in [-0.39, 0.29) is 4.90 Å². The molecule has 0 spiro atoms. The van der Waals surface area contributed by atoms with Gasteiger partial charge in [0.25, 0.3) is 0 Å². The smallest absolute Gasteiger partial charge is 0.245 e. The molecule has 0 aliphatic carbocycles. The zero-order valence-corrected chi connectivity index (χ0v) is 19.0. The van der Waals surface area contributed by atoms with Crippen molar-refractivity contribution in [3.8, 4) is 0 Å². The monoisotopic (exact) mass is 421 g/mol. The molecule has 1 aliphatic heterocycles. The van der Waals surface area contributed by atoms with Crippen LogP contribution >= 0.6 is 0 Å². The van der Waals surface area contributed by atoms with Crippen LogP contribution in [-0.4, -0.2) is 50.3 Å². The number of aryl methyl sites for hydroxylation is 1. The Labute approximate surface area is 175 Å². The Bertz CT molecular complexity index is 938. The Morgan fingerprint density at radius 3 is 2.31 bits per heavy atom. The molecule has 29 heavy (non-hydrogen) atoms. The molecule has 3 rings (SSSR count). The van der Waals surface area contributed by atoms with E-state index in [1.165, 1.54) is 0 Å². The van der Waals surface area contributed by atoms with Gasteiger partial charge in [-0.25, -0.2) is 8.42 Å². The van der Waals surface area contributed by atoms with Crippen LogP contribution in [0.3, 0.4) is 0 Å². The quantitative estimate of drug-likeness (QED) is 0.642. The fourth-order valence-corrected chi connectivity index (χ4v) is 6.33. The Balaban J connectivity index is 2.07. The highest BCUT2D eigenvalue weighted by molar-refractivity contribution is 7.89. The third-order valence-corrected chi connectivity index (χ3v) is 8.04. The highest BCUT2D eigenvalue weighted by Crippen LogP contribution is 2.42. The number of anilines is 1. The molecular weight excluding hydrogens is 386 g/mol. The number of fused-ring (bicyclic) bond motifs is 1. The molecule has 0 saturated carbocycles. The van der Waals surface area contributed by atoms with Crippen molar-refractivity contribution < 1.29 is 12.8 Å². The number of sulfonamides is 1. The van der Waals surface area contributed by atoms with Gasteiger partial charge in [0.05, 0.1) is 5.69 Å². The number of nitrogen functional groups attached to an aromatic ring is 1. The Morgan fingerprint density at radius 2 is 1.76 bits per heavy atom. The van der Waals surface area contributed by atoms with E-state index in [4.69, 9.17) is 10.2 Å². The lowest BCUT2D eigenvalue weighted by Crippen LogP contribution is -2.33. The highest BCUT2D eigenvalue weighted by Gasteiger charge is 2.31. The van der Waals surface area contributed by atoms with Crippen LogP contribution in [0.25, 0.3) is 11.0 Å². The number of benzene rings is 1. The first-order valence-corrected chi connectivity index (χ1v) is 12.3. The lowest BCUT2D eigenvalue weighted by molar-refractivity contribution is 0.222. The van der Waals surface area contributed by atoms with Crippen LogP contribution in [-0.2, 0) is 10.0 Å². The Kier molecular flexibility index (Phi) is 6.91. The number of hydrogen-bond donors (Lipinski definition) is 1. The minimum Gasteiger partial charge on any atom is -0.461 e. The molecule has 0 bridgehead atoms. The first-order chi connectivity index (χ1) is 13.8. The van der Waals surface area contributed by atoms with E-state index in [9.17, 15) is 8.42 Å². The maximum absolute atomic E-state index is 13.4. The fourth-order valence-electron chi connectivity index (χ4n) is 4.58. The fraction of sp³-hybridized carbons (Fsp3) is 0.636. The molecular formula is C22H35N3O3S. The SMILES string of the molecule is CCCN(CCC)S(=O)(=O)c1ccc2oc(C)c(C3CCN(CC)CC3)c2c1N. The van der Waals surface area contributed by atoms with Crippen molar-refractivity contribution >= 4 is 26.7 Å². The highest BCUT2D eigenvalue weighted by atomic mass is 32.2. The van der Waals surface area contributed by atoms with E-state index in [0.717, 1.165) is 62.0 Å². The number of rotatable bonds is 8. The molecule has 0 atom stereocenters. The number of nitrogens with two attached hydrogens (primary N) is 1. The molecule has 0 radical (unpaired) electrons. The van der Waals surface area contributed by atoms with E-state index >= 15 is 0 Å². The largest absolute Gasteiger partial charge is 0.461 e. The predicted molar refractivity (Wildman–Crippen MR) is 119 cm³/mol. The van der Waals surface area contributed by atoms with Crippen molar-refractivity contribution in [3.63, 3.8) is 0 Å². The maximum atomic E-state index is 13.4. The zero-order chi connectivity index (χ0) is 21.2. The molecule has 7 heteroatoms. The summed E-state index contributed by atoms with van der Waals surface area (Å²) >= 11 is 0. The van der Waals surface area contributed by atoms with Crippen molar-refractivity contribution in [1.82, 2.24) is 9.21 Å². The third-order valence-electron chi connectivity index (χ3n) is 6.09. The van der Waals surface area contributed by atoms with Gasteiger partial charge in [-0.3, -0.25) is 0 Å². The van der Waals surface area contributed by atoms with Crippen molar-refractivity contribution in [1.29, 1.82) is 0 Å². The minimum atomic E-state index is -3.64. The number of hydrogen-bond acceptors (Lipinski definition) is 5. The minimum absolute atomic E-state index is 0.208. The summed E-state index contributed by atoms with van der Waals surface area (Å²) in [7, 11) is -3.64. The van der Waals surface area contributed by atoms with Gasteiger partial charge in [-0.05, 0) is 70.3 Å². The first-order valence-electron chi connectivity index (χ1n) is 10.9.